The summed E-state index contributed by atoms with van der Waals surface area (Å²) in [5.74, 6) is -1.86. The number of aliphatic carboxylic acids is 1. The zero-order chi connectivity index (χ0) is 17.8. The van der Waals surface area contributed by atoms with Gasteiger partial charge in [-0.1, -0.05) is 43.7 Å². The smallest absolute Gasteiger partial charge is 0.307 e. The maximum atomic E-state index is 12.5. The van der Waals surface area contributed by atoms with Gasteiger partial charge < -0.3 is 10.4 Å². The zero-order valence-electron chi connectivity index (χ0n) is 14.3. The molecule has 1 aromatic heterocycles. The van der Waals surface area contributed by atoms with Gasteiger partial charge in [-0.2, -0.15) is 5.10 Å². The molecule has 0 saturated heterocycles. The van der Waals surface area contributed by atoms with Crippen molar-refractivity contribution >= 4 is 17.6 Å². The Morgan fingerprint density at radius 1 is 1.24 bits per heavy atom. The van der Waals surface area contributed by atoms with E-state index in [9.17, 15) is 14.7 Å². The van der Waals surface area contributed by atoms with E-state index >= 15 is 0 Å². The number of carboxylic acid groups (broad SMARTS) is 1. The van der Waals surface area contributed by atoms with Gasteiger partial charge in [-0.3, -0.25) is 14.3 Å². The third-order valence-corrected chi connectivity index (χ3v) is 4.98. The molecule has 25 heavy (non-hydrogen) atoms. The lowest BCUT2D eigenvalue weighted by molar-refractivity contribution is -0.145. The van der Waals surface area contributed by atoms with Crippen LogP contribution in [0.5, 0.6) is 0 Å². The van der Waals surface area contributed by atoms with Crippen molar-refractivity contribution in [3.05, 3.63) is 48.3 Å². The normalized spacial score (nSPS) is 22.7. The molecule has 0 radical (unpaired) electrons. The molecule has 0 spiro atoms. The largest absolute Gasteiger partial charge is 0.481 e. The van der Waals surface area contributed by atoms with Gasteiger partial charge >= 0.3 is 5.97 Å². The Bertz CT molecular complexity index is 741. The topological polar surface area (TPSA) is 84.2 Å². The van der Waals surface area contributed by atoms with E-state index in [2.05, 4.69) is 10.4 Å². The first-order chi connectivity index (χ1) is 12.1. The van der Waals surface area contributed by atoms with E-state index in [-0.39, 0.29) is 5.91 Å². The van der Waals surface area contributed by atoms with Crippen LogP contribution in [0.2, 0.25) is 0 Å². The Morgan fingerprint density at radius 2 is 1.96 bits per heavy atom. The standard InChI is InChI=1S/C19H23N3O3/c1-2-13-8-16(17(9-13)19(24)25)18(23)21-15-10-20-22(12-15)11-14-6-4-3-5-7-14/h3-7,10,12-13,16-17H,2,8-9,11H2,1H3,(H,21,23)(H,24,25). The summed E-state index contributed by atoms with van der Waals surface area (Å²) in [5, 5.41) is 16.5. The van der Waals surface area contributed by atoms with Crippen molar-refractivity contribution in [3.8, 4) is 0 Å². The van der Waals surface area contributed by atoms with Crippen LogP contribution in [-0.2, 0) is 16.1 Å². The number of nitrogens with one attached hydrogen (secondary N) is 1. The molecule has 3 unspecified atom stereocenters. The molecule has 0 bridgehead atoms. The Morgan fingerprint density at radius 3 is 2.64 bits per heavy atom. The number of anilines is 1. The van der Waals surface area contributed by atoms with Crippen LogP contribution in [0.25, 0.3) is 0 Å². The molecule has 1 heterocycles. The monoisotopic (exact) mass is 341 g/mol. The minimum Gasteiger partial charge on any atom is -0.481 e. The molecule has 3 atom stereocenters. The maximum Gasteiger partial charge on any atom is 0.307 e. The fourth-order valence-corrected chi connectivity index (χ4v) is 3.56. The summed E-state index contributed by atoms with van der Waals surface area (Å²) >= 11 is 0. The molecule has 6 heteroatoms. The van der Waals surface area contributed by atoms with Crippen molar-refractivity contribution in [2.45, 2.75) is 32.7 Å². The number of carboxylic acids is 1. The Kier molecular flexibility index (Phi) is 5.16. The van der Waals surface area contributed by atoms with Gasteiger partial charge in [-0.15, -0.1) is 0 Å². The van der Waals surface area contributed by atoms with Gasteiger partial charge in [0.25, 0.3) is 0 Å². The highest BCUT2D eigenvalue weighted by Gasteiger charge is 2.42. The van der Waals surface area contributed by atoms with Crippen molar-refractivity contribution in [3.63, 3.8) is 0 Å². The summed E-state index contributed by atoms with van der Waals surface area (Å²) in [4.78, 5) is 24.0. The SMILES string of the molecule is CCC1CC(C(=O)O)C(C(=O)Nc2cnn(Cc3ccccc3)c2)C1. The van der Waals surface area contributed by atoms with E-state index in [0.29, 0.717) is 31.0 Å². The van der Waals surface area contributed by atoms with Crippen molar-refractivity contribution in [1.82, 2.24) is 9.78 Å². The van der Waals surface area contributed by atoms with Gasteiger partial charge in [-0.25, -0.2) is 0 Å². The number of benzene rings is 1. The summed E-state index contributed by atoms with van der Waals surface area (Å²) in [6.07, 6.45) is 5.49. The van der Waals surface area contributed by atoms with Gasteiger partial charge in [0.2, 0.25) is 5.91 Å². The van der Waals surface area contributed by atoms with Crippen molar-refractivity contribution in [2.75, 3.05) is 5.32 Å². The first-order valence-electron chi connectivity index (χ1n) is 8.67. The Balaban J connectivity index is 1.64. The van der Waals surface area contributed by atoms with Crippen LogP contribution in [-0.4, -0.2) is 26.8 Å². The first kappa shape index (κ1) is 17.2. The van der Waals surface area contributed by atoms with Gasteiger partial charge in [0, 0.05) is 6.20 Å². The van der Waals surface area contributed by atoms with Crippen LogP contribution < -0.4 is 5.32 Å². The average molecular weight is 341 g/mol. The number of rotatable bonds is 6. The first-order valence-corrected chi connectivity index (χ1v) is 8.67. The lowest BCUT2D eigenvalue weighted by atomic mass is 9.95. The molecule has 1 saturated carbocycles. The molecule has 1 fully saturated rings. The van der Waals surface area contributed by atoms with Crippen LogP contribution in [0, 0.1) is 17.8 Å². The molecule has 3 rings (SSSR count). The Hall–Kier alpha value is -2.63. The number of nitrogens with zero attached hydrogens (tertiary/aromatic N) is 2. The number of aromatic nitrogens is 2. The summed E-state index contributed by atoms with van der Waals surface area (Å²) < 4.78 is 1.75. The second kappa shape index (κ2) is 7.51. The van der Waals surface area contributed by atoms with Crippen LogP contribution in [0.4, 0.5) is 5.69 Å². The van der Waals surface area contributed by atoms with E-state index in [1.165, 1.54) is 0 Å². The highest BCUT2D eigenvalue weighted by molar-refractivity contribution is 5.95. The maximum absolute atomic E-state index is 12.5. The summed E-state index contributed by atoms with van der Waals surface area (Å²) in [7, 11) is 0. The molecular weight excluding hydrogens is 318 g/mol. The summed E-state index contributed by atoms with van der Waals surface area (Å²) in [6, 6.07) is 9.93. The van der Waals surface area contributed by atoms with Gasteiger partial charge in [-0.05, 0) is 24.3 Å². The van der Waals surface area contributed by atoms with Gasteiger partial charge in [0.05, 0.1) is 30.3 Å². The van der Waals surface area contributed by atoms with E-state index < -0.39 is 17.8 Å². The van der Waals surface area contributed by atoms with E-state index in [0.717, 1.165) is 12.0 Å². The van der Waals surface area contributed by atoms with Crippen molar-refractivity contribution < 1.29 is 14.7 Å². The summed E-state index contributed by atoms with van der Waals surface area (Å²) in [5.41, 5.74) is 1.72. The minimum absolute atomic E-state index is 0.220. The highest BCUT2D eigenvalue weighted by atomic mass is 16.4. The number of amides is 1. The number of hydrogen-bond donors (Lipinski definition) is 2. The second-order valence-corrected chi connectivity index (χ2v) is 6.70. The third kappa shape index (κ3) is 4.07. The lowest BCUT2D eigenvalue weighted by Gasteiger charge is -2.14. The predicted molar refractivity (Wildman–Crippen MR) is 94.0 cm³/mol. The molecule has 1 aromatic carbocycles. The van der Waals surface area contributed by atoms with E-state index in [4.69, 9.17) is 0 Å². The number of hydrogen-bond acceptors (Lipinski definition) is 3. The van der Waals surface area contributed by atoms with Crippen molar-refractivity contribution in [1.29, 1.82) is 0 Å². The van der Waals surface area contributed by atoms with Gasteiger partial charge in [0.1, 0.15) is 0 Å². The molecule has 0 aliphatic heterocycles. The van der Waals surface area contributed by atoms with Crippen LogP contribution in [0.3, 0.4) is 0 Å². The molecule has 1 aliphatic carbocycles. The van der Waals surface area contributed by atoms with Crippen LogP contribution >= 0.6 is 0 Å². The number of carbonyl (C=O) groups is 2. The van der Waals surface area contributed by atoms with E-state index in [1.54, 1.807) is 17.1 Å². The highest BCUT2D eigenvalue weighted by Crippen LogP contribution is 2.39. The third-order valence-electron chi connectivity index (χ3n) is 4.98. The molecule has 6 nitrogen and oxygen atoms in total. The molecule has 1 aliphatic rings. The molecule has 2 aromatic rings. The predicted octanol–water partition coefficient (Wildman–Crippen LogP) is 3.01. The average Bonchev–Trinajstić information content (AvgIpc) is 3.22. The zero-order valence-corrected chi connectivity index (χ0v) is 14.3. The molecule has 1 amide bonds. The number of carbonyl (C=O) groups excluding carboxylic acids is 1. The molecular formula is C19H23N3O3. The molecule has 2 N–H and O–H groups in total. The quantitative estimate of drug-likeness (QED) is 0.846. The van der Waals surface area contributed by atoms with Crippen molar-refractivity contribution in [2.24, 2.45) is 17.8 Å². The van der Waals surface area contributed by atoms with Crippen LogP contribution in [0.1, 0.15) is 31.7 Å². The van der Waals surface area contributed by atoms with E-state index in [1.807, 2.05) is 37.3 Å². The van der Waals surface area contributed by atoms with Gasteiger partial charge in [0.15, 0.2) is 0 Å². The minimum atomic E-state index is -0.879. The Labute approximate surface area is 146 Å². The van der Waals surface area contributed by atoms with Crippen LogP contribution in [0.15, 0.2) is 42.7 Å². The fourth-order valence-electron chi connectivity index (χ4n) is 3.56. The molecule has 132 valence electrons. The fraction of sp³-hybridized carbons (Fsp3) is 0.421. The second-order valence-electron chi connectivity index (χ2n) is 6.70. The summed E-state index contributed by atoms with van der Waals surface area (Å²) in [6.45, 7) is 2.66. The lowest BCUT2D eigenvalue weighted by Crippen LogP contribution is -2.29.